The Kier molecular flexibility index (Phi) is 4.14. The maximum Gasteiger partial charge on any atom is 0.325 e. The van der Waals surface area contributed by atoms with Gasteiger partial charge in [-0.2, -0.15) is 0 Å². The van der Waals surface area contributed by atoms with Gasteiger partial charge in [0.15, 0.2) is 5.82 Å². The zero-order valence-electron chi connectivity index (χ0n) is 17.1. The van der Waals surface area contributed by atoms with Crippen molar-refractivity contribution in [3.8, 4) is 0 Å². The summed E-state index contributed by atoms with van der Waals surface area (Å²) >= 11 is 0. The molecular weight excluding hydrogens is 396 g/mol. The molecule has 4 aromatic rings. The molecule has 5 rings (SSSR count). The fourth-order valence-electron chi connectivity index (χ4n) is 4.15. The van der Waals surface area contributed by atoms with Gasteiger partial charge in [-0.05, 0) is 31.5 Å². The summed E-state index contributed by atoms with van der Waals surface area (Å²) in [6.45, 7) is 3.89. The van der Waals surface area contributed by atoms with E-state index in [2.05, 4.69) is 15.5 Å². The van der Waals surface area contributed by atoms with Gasteiger partial charge in [-0.15, -0.1) is 10.2 Å². The highest BCUT2D eigenvalue weighted by atomic mass is 16.2. The average molecular weight is 416 g/mol. The van der Waals surface area contributed by atoms with Gasteiger partial charge >= 0.3 is 6.03 Å². The number of fused-ring (bicyclic) bond motifs is 3. The van der Waals surface area contributed by atoms with Crippen LogP contribution >= 0.6 is 0 Å². The molecule has 1 aliphatic heterocycles. The molecule has 31 heavy (non-hydrogen) atoms. The minimum atomic E-state index is -1.16. The molecule has 2 aromatic carbocycles. The van der Waals surface area contributed by atoms with Crippen LogP contribution < -0.4 is 10.9 Å². The molecule has 1 saturated heterocycles. The summed E-state index contributed by atoms with van der Waals surface area (Å²) in [5.74, 6) is 0.404. The van der Waals surface area contributed by atoms with Gasteiger partial charge < -0.3 is 5.32 Å². The molecule has 0 spiro atoms. The molecule has 1 unspecified atom stereocenters. The summed E-state index contributed by atoms with van der Waals surface area (Å²) in [6.07, 6.45) is 0. The molecule has 1 fully saturated rings. The molecule has 9 heteroatoms. The van der Waals surface area contributed by atoms with Crippen LogP contribution in [0.5, 0.6) is 0 Å². The molecule has 3 heterocycles. The van der Waals surface area contributed by atoms with E-state index in [1.165, 1.54) is 4.57 Å². The SMILES string of the molecule is CCn1c(=O)c2ccccc2n2c(CN3C(=O)NC(C)(c4ccccc4)C3=O)nnc12. The molecule has 1 aliphatic rings. The number of benzene rings is 2. The first-order valence-corrected chi connectivity index (χ1v) is 10.0. The predicted molar refractivity (Wildman–Crippen MR) is 113 cm³/mol. The number of nitrogens with zero attached hydrogens (tertiary/aromatic N) is 5. The first-order valence-electron chi connectivity index (χ1n) is 10.0. The number of rotatable bonds is 4. The number of aryl methyl sites for hydroxylation is 1. The molecule has 2 aromatic heterocycles. The zero-order valence-corrected chi connectivity index (χ0v) is 17.1. The van der Waals surface area contributed by atoms with E-state index >= 15 is 0 Å². The van der Waals surface area contributed by atoms with E-state index in [9.17, 15) is 14.4 Å². The number of hydrogen-bond donors (Lipinski definition) is 1. The van der Waals surface area contributed by atoms with Crippen LogP contribution in [0.1, 0.15) is 25.2 Å². The Morgan fingerprint density at radius 3 is 2.42 bits per heavy atom. The van der Waals surface area contributed by atoms with Crippen molar-refractivity contribution in [2.45, 2.75) is 32.5 Å². The summed E-state index contributed by atoms with van der Waals surface area (Å²) in [5.41, 5.74) is 0.0142. The van der Waals surface area contributed by atoms with Gasteiger partial charge in [0.25, 0.3) is 11.5 Å². The molecule has 0 radical (unpaired) electrons. The Labute approximate surface area is 176 Å². The van der Waals surface area contributed by atoms with Crippen molar-refractivity contribution in [2.75, 3.05) is 0 Å². The maximum absolute atomic E-state index is 13.3. The van der Waals surface area contributed by atoms with Crippen LogP contribution in [0.15, 0.2) is 59.4 Å². The van der Waals surface area contributed by atoms with E-state index in [1.807, 2.05) is 43.3 Å². The molecule has 3 amide bonds. The van der Waals surface area contributed by atoms with Crippen molar-refractivity contribution in [2.24, 2.45) is 0 Å². The van der Waals surface area contributed by atoms with Crippen LogP contribution in [0.25, 0.3) is 16.7 Å². The summed E-state index contributed by atoms with van der Waals surface area (Å²) in [7, 11) is 0. The maximum atomic E-state index is 13.3. The lowest BCUT2D eigenvalue weighted by atomic mass is 9.92. The standard InChI is InChI=1S/C22H20N6O3/c1-3-26-18(29)15-11-7-8-12-16(15)28-17(24-25-20(26)28)13-27-19(30)22(2,23-21(27)31)14-9-5-4-6-10-14/h4-12H,3,13H2,1-2H3,(H,23,31). The molecule has 0 bridgehead atoms. The summed E-state index contributed by atoms with van der Waals surface area (Å²) in [4.78, 5) is 40.0. The molecule has 1 atom stereocenters. The normalized spacial score (nSPS) is 18.8. The summed E-state index contributed by atoms with van der Waals surface area (Å²) in [5, 5.41) is 11.7. The number of carbonyl (C=O) groups is 2. The Morgan fingerprint density at radius 1 is 0.968 bits per heavy atom. The number of amides is 3. The highest BCUT2D eigenvalue weighted by Gasteiger charge is 2.49. The van der Waals surface area contributed by atoms with Crippen molar-refractivity contribution in [1.82, 2.24) is 29.4 Å². The molecule has 0 aliphatic carbocycles. The van der Waals surface area contributed by atoms with Gasteiger partial charge in [-0.3, -0.25) is 23.5 Å². The van der Waals surface area contributed by atoms with Crippen molar-refractivity contribution in [3.63, 3.8) is 0 Å². The third kappa shape index (κ3) is 2.66. The van der Waals surface area contributed by atoms with Crippen molar-refractivity contribution < 1.29 is 9.59 Å². The Morgan fingerprint density at radius 2 is 1.68 bits per heavy atom. The van der Waals surface area contributed by atoms with Crippen LogP contribution in [0.2, 0.25) is 0 Å². The quantitative estimate of drug-likeness (QED) is 0.513. The zero-order chi connectivity index (χ0) is 21.8. The third-order valence-electron chi connectivity index (χ3n) is 5.82. The van der Waals surface area contributed by atoms with Gasteiger partial charge in [0.05, 0.1) is 17.4 Å². The Bertz CT molecular complexity index is 1410. The average Bonchev–Trinajstić information content (AvgIpc) is 3.30. The number of urea groups is 1. The van der Waals surface area contributed by atoms with Crippen molar-refractivity contribution in [1.29, 1.82) is 0 Å². The fourth-order valence-corrected chi connectivity index (χ4v) is 4.15. The minimum Gasteiger partial charge on any atom is -0.319 e. The number of aromatic nitrogens is 4. The molecule has 0 saturated carbocycles. The van der Waals surface area contributed by atoms with Crippen molar-refractivity contribution in [3.05, 3.63) is 76.3 Å². The number of para-hydroxylation sites is 1. The van der Waals surface area contributed by atoms with E-state index in [0.29, 0.717) is 34.6 Å². The van der Waals surface area contributed by atoms with Crippen LogP contribution in [-0.4, -0.2) is 36.0 Å². The molecule has 9 nitrogen and oxygen atoms in total. The third-order valence-corrected chi connectivity index (χ3v) is 5.82. The molecule has 156 valence electrons. The largest absolute Gasteiger partial charge is 0.325 e. The second kappa shape index (κ2) is 6.76. The van der Waals surface area contributed by atoms with E-state index < -0.39 is 11.6 Å². The van der Waals surface area contributed by atoms with Crippen LogP contribution in [0.4, 0.5) is 4.79 Å². The second-order valence-corrected chi connectivity index (χ2v) is 7.63. The lowest BCUT2D eigenvalue weighted by Gasteiger charge is -2.22. The van der Waals surface area contributed by atoms with Crippen LogP contribution in [0.3, 0.4) is 0 Å². The Balaban J connectivity index is 1.62. The first-order chi connectivity index (χ1) is 15.0. The number of nitrogens with one attached hydrogen (secondary N) is 1. The highest BCUT2D eigenvalue weighted by molar-refractivity contribution is 6.07. The smallest absolute Gasteiger partial charge is 0.319 e. The number of imide groups is 1. The van der Waals surface area contributed by atoms with Crippen LogP contribution in [-0.2, 0) is 23.4 Å². The van der Waals surface area contributed by atoms with Gasteiger partial charge in [-0.25, -0.2) is 4.79 Å². The van der Waals surface area contributed by atoms with E-state index in [1.54, 1.807) is 29.5 Å². The fraction of sp³-hybridized carbons (Fsp3) is 0.227. The second-order valence-electron chi connectivity index (χ2n) is 7.63. The van der Waals surface area contributed by atoms with Gasteiger partial charge in [0.1, 0.15) is 5.54 Å². The predicted octanol–water partition coefficient (Wildman–Crippen LogP) is 2.03. The summed E-state index contributed by atoms with van der Waals surface area (Å²) < 4.78 is 3.26. The monoisotopic (exact) mass is 416 g/mol. The van der Waals surface area contributed by atoms with E-state index in [4.69, 9.17) is 0 Å². The highest BCUT2D eigenvalue weighted by Crippen LogP contribution is 2.29. The van der Waals surface area contributed by atoms with E-state index in [-0.39, 0.29) is 18.0 Å². The number of hydrogen-bond acceptors (Lipinski definition) is 5. The van der Waals surface area contributed by atoms with Gasteiger partial charge in [0, 0.05) is 6.54 Å². The number of carbonyl (C=O) groups excluding carboxylic acids is 2. The van der Waals surface area contributed by atoms with Gasteiger partial charge in [0.2, 0.25) is 5.78 Å². The van der Waals surface area contributed by atoms with Gasteiger partial charge in [-0.1, -0.05) is 42.5 Å². The van der Waals surface area contributed by atoms with Crippen molar-refractivity contribution >= 4 is 28.6 Å². The lowest BCUT2D eigenvalue weighted by molar-refractivity contribution is -0.131. The van der Waals surface area contributed by atoms with E-state index in [0.717, 1.165) is 4.90 Å². The topological polar surface area (TPSA) is 102 Å². The first kappa shape index (κ1) is 19.0. The summed E-state index contributed by atoms with van der Waals surface area (Å²) in [6, 6.07) is 15.8. The molecular formula is C22H20N6O3. The Hall–Kier alpha value is -4.01. The minimum absolute atomic E-state index is 0.0693. The van der Waals surface area contributed by atoms with Crippen LogP contribution in [0, 0.1) is 0 Å². The molecule has 1 N–H and O–H groups in total. The lowest BCUT2D eigenvalue weighted by Crippen LogP contribution is -2.40.